The molecule has 8 heteroatoms. The van der Waals surface area contributed by atoms with E-state index < -0.39 is 5.25 Å². The van der Waals surface area contributed by atoms with Crippen molar-refractivity contribution >= 4 is 56.0 Å². The molecule has 0 spiro atoms. The molecule has 3 rings (SSSR count). The third-order valence-electron chi connectivity index (χ3n) is 3.65. The van der Waals surface area contributed by atoms with Crippen molar-refractivity contribution < 1.29 is 14.3 Å². The van der Waals surface area contributed by atoms with Gasteiger partial charge in [0.2, 0.25) is 11.8 Å². The molecular formula is C19H18BrN3O3S. The van der Waals surface area contributed by atoms with Crippen LogP contribution in [-0.2, 0) is 9.59 Å². The lowest BCUT2D eigenvalue weighted by Crippen LogP contribution is -2.28. The predicted octanol–water partition coefficient (Wildman–Crippen LogP) is 4.10. The number of nitrogens with one attached hydrogen (secondary N) is 2. The Bertz CT molecular complexity index is 854. The number of halogens is 1. The number of rotatable bonds is 6. The number of anilines is 1. The summed E-state index contributed by atoms with van der Waals surface area (Å²) in [4.78, 5) is 28.7. The molecule has 0 bridgehead atoms. The van der Waals surface area contributed by atoms with Crippen molar-refractivity contribution in [1.29, 1.82) is 0 Å². The number of nitrogens with zero attached hydrogens (tertiary/aromatic N) is 1. The number of carbonyl (C=O) groups excluding carboxylic acids is 2. The fraction of sp³-hybridized carbons (Fsp3) is 0.211. The van der Waals surface area contributed by atoms with Gasteiger partial charge in [0, 0.05) is 16.6 Å². The Morgan fingerprint density at radius 2 is 1.93 bits per heavy atom. The third kappa shape index (κ3) is 5.58. The van der Waals surface area contributed by atoms with Crippen LogP contribution in [-0.4, -0.2) is 28.8 Å². The van der Waals surface area contributed by atoms with Crippen LogP contribution in [0.1, 0.15) is 13.3 Å². The number of thioether (sulfide) groups is 1. The molecule has 2 aromatic carbocycles. The Hall–Kier alpha value is -2.32. The number of amidine groups is 1. The van der Waals surface area contributed by atoms with E-state index in [1.807, 2.05) is 43.3 Å². The molecule has 0 aliphatic carbocycles. The van der Waals surface area contributed by atoms with E-state index in [4.69, 9.17) is 4.74 Å². The fourth-order valence-electron chi connectivity index (χ4n) is 2.41. The SMILES string of the molecule is CCOc1ccc(N=C2NC(=O)[C@@H](CC(=O)Nc3ccc(Br)cc3)S2)cc1. The summed E-state index contributed by atoms with van der Waals surface area (Å²) in [5.74, 6) is 0.343. The molecule has 0 unspecified atom stereocenters. The van der Waals surface area contributed by atoms with E-state index in [1.54, 1.807) is 12.1 Å². The molecule has 27 heavy (non-hydrogen) atoms. The third-order valence-corrected chi connectivity index (χ3v) is 5.26. The van der Waals surface area contributed by atoms with Gasteiger partial charge in [0.25, 0.3) is 0 Å². The van der Waals surface area contributed by atoms with Gasteiger partial charge < -0.3 is 15.4 Å². The molecule has 1 aliphatic heterocycles. The van der Waals surface area contributed by atoms with Crippen LogP contribution in [0.3, 0.4) is 0 Å². The van der Waals surface area contributed by atoms with Crippen molar-refractivity contribution in [2.75, 3.05) is 11.9 Å². The topological polar surface area (TPSA) is 79.8 Å². The second-order valence-electron chi connectivity index (χ2n) is 5.70. The zero-order valence-electron chi connectivity index (χ0n) is 14.6. The lowest BCUT2D eigenvalue weighted by molar-refractivity contribution is -0.122. The molecule has 1 aliphatic rings. The highest BCUT2D eigenvalue weighted by Gasteiger charge is 2.32. The number of ether oxygens (including phenoxy) is 1. The summed E-state index contributed by atoms with van der Waals surface area (Å²) in [5, 5.41) is 5.51. The van der Waals surface area contributed by atoms with Crippen LogP contribution in [0.25, 0.3) is 0 Å². The van der Waals surface area contributed by atoms with Gasteiger partial charge in [0.15, 0.2) is 5.17 Å². The summed E-state index contributed by atoms with van der Waals surface area (Å²) in [5.41, 5.74) is 1.40. The maximum absolute atomic E-state index is 12.2. The van der Waals surface area contributed by atoms with E-state index in [9.17, 15) is 9.59 Å². The average molecular weight is 448 g/mol. The van der Waals surface area contributed by atoms with E-state index in [2.05, 4.69) is 31.6 Å². The van der Waals surface area contributed by atoms with Gasteiger partial charge in [-0.15, -0.1) is 0 Å². The number of aliphatic imine (C=N–C) groups is 1. The smallest absolute Gasteiger partial charge is 0.240 e. The number of benzene rings is 2. The van der Waals surface area contributed by atoms with Gasteiger partial charge in [0.05, 0.1) is 12.3 Å². The molecule has 1 atom stereocenters. The number of hydrogen-bond acceptors (Lipinski definition) is 5. The van der Waals surface area contributed by atoms with Crippen LogP contribution in [0, 0.1) is 0 Å². The van der Waals surface area contributed by atoms with Crippen LogP contribution >= 0.6 is 27.7 Å². The van der Waals surface area contributed by atoms with E-state index in [1.165, 1.54) is 11.8 Å². The molecule has 2 N–H and O–H groups in total. The monoisotopic (exact) mass is 447 g/mol. The van der Waals surface area contributed by atoms with Gasteiger partial charge in [0.1, 0.15) is 11.0 Å². The number of carbonyl (C=O) groups is 2. The molecule has 2 aromatic rings. The Balaban J connectivity index is 1.57. The van der Waals surface area contributed by atoms with Crippen molar-refractivity contribution in [1.82, 2.24) is 5.32 Å². The highest BCUT2D eigenvalue weighted by Crippen LogP contribution is 2.26. The van der Waals surface area contributed by atoms with Crippen LogP contribution in [0.2, 0.25) is 0 Å². The summed E-state index contributed by atoms with van der Waals surface area (Å²) < 4.78 is 6.33. The second kappa shape index (κ2) is 9.05. The van der Waals surface area contributed by atoms with Gasteiger partial charge in [-0.1, -0.05) is 27.7 Å². The predicted molar refractivity (Wildman–Crippen MR) is 112 cm³/mol. The Morgan fingerprint density at radius 1 is 1.22 bits per heavy atom. The summed E-state index contributed by atoms with van der Waals surface area (Å²) >= 11 is 4.61. The zero-order chi connectivity index (χ0) is 19.2. The minimum Gasteiger partial charge on any atom is -0.494 e. The first kappa shape index (κ1) is 19.4. The molecule has 1 saturated heterocycles. The largest absolute Gasteiger partial charge is 0.494 e. The molecular weight excluding hydrogens is 430 g/mol. The maximum atomic E-state index is 12.2. The standard InChI is InChI=1S/C19H18BrN3O3S/c1-2-26-15-9-7-14(8-10-15)22-19-23-18(25)16(27-19)11-17(24)21-13-5-3-12(20)4-6-13/h3-10,16H,2,11H2,1H3,(H,21,24)(H,22,23,25)/t16-/m1/s1. The van der Waals surface area contributed by atoms with Gasteiger partial charge in [-0.2, -0.15) is 0 Å². The summed E-state index contributed by atoms with van der Waals surface area (Å²) in [7, 11) is 0. The van der Waals surface area contributed by atoms with Gasteiger partial charge in [-0.05, 0) is 55.5 Å². The first-order chi connectivity index (χ1) is 13.0. The fourth-order valence-corrected chi connectivity index (χ4v) is 3.66. The minimum atomic E-state index is -0.498. The molecule has 0 radical (unpaired) electrons. The first-order valence-corrected chi connectivity index (χ1v) is 10.1. The Kier molecular flexibility index (Phi) is 6.52. The zero-order valence-corrected chi connectivity index (χ0v) is 17.0. The molecule has 2 amide bonds. The lowest BCUT2D eigenvalue weighted by Gasteiger charge is -2.07. The van der Waals surface area contributed by atoms with Crippen LogP contribution < -0.4 is 15.4 Å². The molecule has 0 aromatic heterocycles. The number of amides is 2. The van der Waals surface area contributed by atoms with Gasteiger partial charge >= 0.3 is 0 Å². The van der Waals surface area contributed by atoms with Crippen LogP contribution in [0.4, 0.5) is 11.4 Å². The van der Waals surface area contributed by atoms with E-state index >= 15 is 0 Å². The minimum absolute atomic E-state index is 0.0782. The average Bonchev–Trinajstić information content (AvgIpc) is 2.98. The van der Waals surface area contributed by atoms with Gasteiger partial charge in [-0.25, -0.2) is 4.99 Å². The normalized spacial score (nSPS) is 17.6. The van der Waals surface area contributed by atoms with Crippen LogP contribution in [0.15, 0.2) is 58.0 Å². The van der Waals surface area contributed by atoms with Crippen molar-refractivity contribution in [3.63, 3.8) is 0 Å². The molecule has 0 saturated carbocycles. The highest BCUT2D eigenvalue weighted by molar-refractivity contribution is 9.10. The van der Waals surface area contributed by atoms with Gasteiger partial charge in [-0.3, -0.25) is 9.59 Å². The Labute approximate surface area is 169 Å². The first-order valence-electron chi connectivity index (χ1n) is 8.38. The summed E-state index contributed by atoms with van der Waals surface area (Å²) in [6.45, 7) is 2.52. The van der Waals surface area contributed by atoms with Crippen molar-refractivity contribution in [2.24, 2.45) is 4.99 Å². The highest BCUT2D eigenvalue weighted by atomic mass is 79.9. The summed E-state index contributed by atoms with van der Waals surface area (Å²) in [6, 6.07) is 14.6. The van der Waals surface area contributed by atoms with Crippen molar-refractivity contribution in [3.8, 4) is 5.75 Å². The molecule has 6 nitrogen and oxygen atoms in total. The lowest BCUT2D eigenvalue weighted by atomic mass is 10.2. The van der Waals surface area contributed by atoms with E-state index in [0.717, 1.165) is 10.2 Å². The van der Waals surface area contributed by atoms with E-state index in [0.29, 0.717) is 23.1 Å². The molecule has 140 valence electrons. The van der Waals surface area contributed by atoms with Crippen LogP contribution in [0.5, 0.6) is 5.75 Å². The second-order valence-corrected chi connectivity index (χ2v) is 7.81. The maximum Gasteiger partial charge on any atom is 0.240 e. The quantitative estimate of drug-likeness (QED) is 0.698. The summed E-state index contributed by atoms with van der Waals surface area (Å²) in [6.07, 6.45) is 0.0782. The van der Waals surface area contributed by atoms with E-state index in [-0.39, 0.29) is 18.2 Å². The number of hydrogen-bond donors (Lipinski definition) is 2. The molecule has 1 fully saturated rings. The molecule has 1 heterocycles. The Morgan fingerprint density at radius 3 is 2.59 bits per heavy atom. The van der Waals surface area contributed by atoms with Crippen molar-refractivity contribution in [2.45, 2.75) is 18.6 Å². The van der Waals surface area contributed by atoms with Crippen molar-refractivity contribution in [3.05, 3.63) is 53.0 Å².